The molecule has 0 saturated heterocycles. The summed E-state index contributed by atoms with van der Waals surface area (Å²) >= 11 is 0. The molecule has 0 fully saturated rings. The van der Waals surface area contributed by atoms with E-state index in [0.29, 0.717) is 0 Å². The first-order chi connectivity index (χ1) is 2.64. The Bertz CT molecular complexity index is 33.9. The van der Waals surface area contributed by atoms with Crippen molar-refractivity contribution in [2.45, 2.75) is 12.7 Å². The van der Waals surface area contributed by atoms with E-state index in [1.54, 1.807) is 0 Å². The quantitative estimate of drug-likeness (QED) is 0.381. The van der Waals surface area contributed by atoms with Gasteiger partial charge in [0.15, 0.2) is 0 Å². The fraction of sp³-hybridized carbons (Fsp3) is 1.00. The summed E-state index contributed by atoms with van der Waals surface area (Å²) in [7, 11) is 0. The van der Waals surface area contributed by atoms with Gasteiger partial charge in [-0.1, -0.05) is 0 Å². The third-order valence-corrected chi connectivity index (χ3v) is 0.241. The second-order valence-corrected chi connectivity index (χ2v) is 0.779. The molecule has 0 bridgehead atoms. The van der Waals surface area contributed by atoms with E-state index >= 15 is 0 Å². The van der Waals surface area contributed by atoms with Crippen LogP contribution in [0.3, 0.4) is 0 Å². The molecule has 0 aromatic carbocycles. The molecule has 1 unspecified atom stereocenters. The molecule has 40 valence electrons. The van der Waals surface area contributed by atoms with Crippen LogP contribution in [0.2, 0.25) is 0 Å². The Labute approximate surface area is 61.4 Å². The Morgan fingerprint density at radius 2 is 1.29 bits per heavy atom. The Hall–Kier alpha value is 0.750. The summed E-state index contributed by atoms with van der Waals surface area (Å²) in [5.41, 5.74) is 4.02. The summed E-state index contributed by atoms with van der Waals surface area (Å²) in [6.07, 6.45) is -5.52. The van der Waals surface area contributed by atoms with Gasteiger partial charge in [-0.15, -0.1) is 0 Å². The van der Waals surface area contributed by atoms with E-state index in [0.717, 1.165) is 0 Å². The SMILES string of the molecule is NC(F)C(F)F.[NaH]. The molecule has 0 amide bonds. The van der Waals surface area contributed by atoms with E-state index in [4.69, 9.17) is 0 Å². The molecular weight excluding hydrogens is 118 g/mol. The van der Waals surface area contributed by atoms with Crippen LogP contribution in [0, 0.1) is 0 Å². The van der Waals surface area contributed by atoms with Crippen LogP contribution in [0.5, 0.6) is 0 Å². The second kappa shape index (κ2) is 4.90. The molecule has 0 saturated carbocycles. The van der Waals surface area contributed by atoms with Gasteiger partial charge in [0.05, 0.1) is 0 Å². The molecule has 0 radical (unpaired) electrons. The minimum absolute atomic E-state index is 0. The first-order valence-corrected chi connectivity index (χ1v) is 1.32. The van der Waals surface area contributed by atoms with Crippen molar-refractivity contribution in [3.63, 3.8) is 0 Å². The summed E-state index contributed by atoms with van der Waals surface area (Å²) < 4.78 is 32.2. The van der Waals surface area contributed by atoms with Gasteiger partial charge < -0.3 is 0 Å². The first-order valence-electron chi connectivity index (χ1n) is 1.32. The molecule has 5 heteroatoms. The van der Waals surface area contributed by atoms with E-state index < -0.39 is 12.7 Å². The van der Waals surface area contributed by atoms with Crippen LogP contribution in [0.25, 0.3) is 0 Å². The van der Waals surface area contributed by atoms with Crippen molar-refractivity contribution < 1.29 is 13.2 Å². The zero-order valence-electron chi connectivity index (χ0n) is 2.87. The number of alkyl halides is 3. The Morgan fingerprint density at radius 3 is 1.29 bits per heavy atom. The first kappa shape index (κ1) is 10.7. The third-order valence-electron chi connectivity index (χ3n) is 0.241. The van der Waals surface area contributed by atoms with Gasteiger partial charge in [0.1, 0.15) is 0 Å². The Kier molecular flexibility index (Phi) is 7.47. The van der Waals surface area contributed by atoms with Crippen molar-refractivity contribution in [1.82, 2.24) is 0 Å². The summed E-state index contributed by atoms with van der Waals surface area (Å²) in [5.74, 6) is 0. The normalized spacial score (nSPS) is 13.3. The van der Waals surface area contributed by atoms with Crippen LogP contribution in [0.1, 0.15) is 0 Å². The van der Waals surface area contributed by atoms with Gasteiger partial charge in [0, 0.05) is 0 Å². The van der Waals surface area contributed by atoms with Crippen LogP contribution in [0.4, 0.5) is 13.2 Å². The predicted molar refractivity (Wildman–Crippen MR) is 22.2 cm³/mol. The van der Waals surface area contributed by atoms with E-state index in [2.05, 4.69) is 5.73 Å². The Balaban J connectivity index is 0. The van der Waals surface area contributed by atoms with Crippen LogP contribution >= 0.6 is 0 Å². The van der Waals surface area contributed by atoms with E-state index in [1.165, 1.54) is 0 Å². The fourth-order valence-corrected chi connectivity index (χ4v) is 0. The average molecular weight is 123 g/mol. The van der Waals surface area contributed by atoms with Gasteiger partial charge in [-0.25, -0.2) is 13.2 Å². The molecule has 0 spiro atoms. The van der Waals surface area contributed by atoms with E-state index in [1.807, 2.05) is 0 Å². The van der Waals surface area contributed by atoms with Crippen LogP contribution in [-0.4, -0.2) is 42.3 Å². The Morgan fingerprint density at radius 1 is 1.14 bits per heavy atom. The zero-order valence-corrected chi connectivity index (χ0v) is 2.87. The van der Waals surface area contributed by atoms with Gasteiger partial charge in [0.2, 0.25) is 6.30 Å². The average Bonchev–Trinajstić information content (AvgIpc) is 1.36. The van der Waals surface area contributed by atoms with Gasteiger partial charge in [-0.05, 0) is 0 Å². The molecule has 1 atom stereocenters. The summed E-state index contributed by atoms with van der Waals surface area (Å²) in [6.45, 7) is 0. The molecule has 0 aliphatic heterocycles. The molecule has 0 aliphatic rings. The summed E-state index contributed by atoms with van der Waals surface area (Å²) in [5, 5.41) is 0. The second-order valence-electron chi connectivity index (χ2n) is 0.779. The van der Waals surface area contributed by atoms with Crippen molar-refractivity contribution in [3.8, 4) is 0 Å². The molecule has 2 N–H and O–H groups in total. The maximum atomic E-state index is 10.9. The van der Waals surface area contributed by atoms with Crippen LogP contribution < -0.4 is 5.73 Å². The number of nitrogens with two attached hydrogens (primary N) is 1. The summed E-state index contributed by atoms with van der Waals surface area (Å²) in [6, 6.07) is 0. The summed E-state index contributed by atoms with van der Waals surface area (Å²) in [4.78, 5) is 0. The number of rotatable bonds is 1. The molecule has 7 heavy (non-hydrogen) atoms. The third kappa shape index (κ3) is 6.75. The molecule has 0 heterocycles. The number of hydrogen-bond acceptors (Lipinski definition) is 1. The minimum atomic E-state index is -3.04. The van der Waals surface area contributed by atoms with E-state index in [-0.39, 0.29) is 29.6 Å². The topological polar surface area (TPSA) is 26.0 Å². The van der Waals surface area contributed by atoms with Gasteiger partial charge in [0.25, 0.3) is 6.43 Å². The van der Waals surface area contributed by atoms with Crippen LogP contribution in [-0.2, 0) is 0 Å². The van der Waals surface area contributed by atoms with Crippen molar-refractivity contribution >= 4 is 29.6 Å². The van der Waals surface area contributed by atoms with Gasteiger partial charge in [-0.2, -0.15) is 0 Å². The molecule has 0 aromatic rings. The fourth-order valence-electron chi connectivity index (χ4n) is 0. The number of halogens is 3. The van der Waals surface area contributed by atoms with E-state index in [9.17, 15) is 13.2 Å². The van der Waals surface area contributed by atoms with Crippen molar-refractivity contribution in [2.24, 2.45) is 5.73 Å². The molecule has 0 rings (SSSR count). The monoisotopic (exact) mass is 123 g/mol. The standard InChI is InChI=1S/C2H4F3N.Na.H/c3-1(4)2(5)6;;/h1-2H,6H2;;. The predicted octanol–water partition coefficient (Wildman–Crippen LogP) is -0.143. The van der Waals surface area contributed by atoms with Gasteiger partial charge >= 0.3 is 29.6 Å². The molecular formula is C2H5F3NNa. The maximum absolute atomic E-state index is 10.9. The van der Waals surface area contributed by atoms with Crippen molar-refractivity contribution in [1.29, 1.82) is 0 Å². The van der Waals surface area contributed by atoms with Crippen molar-refractivity contribution in [2.75, 3.05) is 0 Å². The zero-order chi connectivity index (χ0) is 5.15. The van der Waals surface area contributed by atoms with Crippen molar-refractivity contribution in [3.05, 3.63) is 0 Å². The number of hydrogen-bond donors (Lipinski definition) is 1. The molecule has 0 aromatic heterocycles. The van der Waals surface area contributed by atoms with Crippen LogP contribution in [0.15, 0.2) is 0 Å². The molecule has 0 aliphatic carbocycles. The molecule has 1 nitrogen and oxygen atoms in total. The van der Waals surface area contributed by atoms with Gasteiger partial charge in [-0.3, -0.25) is 5.73 Å².